The molecule has 0 saturated carbocycles. The highest BCUT2D eigenvalue weighted by atomic mass is 16.1. The molecule has 2 rings (SSSR count). The van der Waals surface area contributed by atoms with E-state index in [1.807, 2.05) is 32.2 Å². The molecule has 0 radical (unpaired) electrons. The lowest BCUT2D eigenvalue weighted by molar-refractivity contribution is -0.123. The maximum absolute atomic E-state index is 11.6. The maximum Gasteiger partial charge on any atom is 0.222 e. The molecule has 0 aliphatic carbocycles. The van der Waals surface area contributed by atoms with E-state index in [1.54, 1.807) is 0 Å². The highest BCUT2D eigenvalue weighted by Crippen LogP contribution is 2.17. The Labute approximate surface area is 156 Å². The fourth-order valence-electron chi connectivity index (χ4n) is 2.86. The molecular formula is C19H32N6O. The van der Waals surface area contributed by atoms with Crippen molar-refractivity contribution >= 4 is 17.7 Å². The van der Waals surface area contributed by atoms with E-state index in [0.717, 1.165) is 44.3 Å². The topological polar surface area (TPSA) is 81.6 Å². The predicted octanol–water partition coefficient (Wildman–Crippen LogP) is 1.38. The smallest absolute Gasteiger partial charge is 0.222 e. The number of guanidine groups is 1. The quantitative estimate of drug-likeness (QED) is 0.389. The third-order valence-corrected chi connectivity index (χ3v) is 4.36. The molecular weight excluding hydrogens is 328 g/mol. The third kappa shape index (κ3) is 6.54. The van der Waals surface area contributed by atoms with Gasteiger partial charge in [-0.2, -0.15) is 0 Å². The molecule has 26 heavy (non-hydrogen) atoms. The zero-order valence-electron chi connectivity index (χ0n) is 16.2. The van der Waals surface area contributed by atoms with E-state index in [1.165, 1.54) is 0 Å². The van der Waals surface area contributed by atoms with Crippen molar-refractivity contribution < 1.29 is 4.79 Å². The first-order valence-electron chi connectivity index (χ1n) is 9.58. The fraction of sp³-hybridized carbons (Fsp3) is 0.632. The van der Waals surface area contributed by atoms with Crippen LogP contribution in [0.25, 0.3) is 0 Å². The second-order valence-corrected chi connectivity index (χ2v) is 6.80. The Hall–Kier alpha value is -2.31. The largest absolute Gasteiger partial charge is 0.357 e. The van der Waals surface area contributed by atoms with Crippen LogP contribution in [0.2, 0.25) is 0 Å². The minimum Gasteiger partial charge on any atom is -0.357 e. The number of nitrogens with zero attached hydrogens (tertiary/aromatic N) is 3. The van der Waals surface area contributed by atoms with Gasteiger partial charge in [0.2, 0.25) is 5.91 Å². The second kappa shape index (κ2) is 10.6. The van der Waals surface area contributed by atoms with Crippen LogP contribution in [0.1, 0.15) is 33.6 Å². The van der Waals surface area contributed by atoms with E-state index in [4.69, 9.17) is 0 Å². The molecule has 0 unspecified atom stereocenters. The van der Waals surface area contributed by atoms with Crippen LogP contribution in [-0.4, -0.2) is 55.6 Å². The Morgan fingerprint density at radius 1 is 1.31 bits per heavy atom. The number of rotatable bonds is 7. The SMILES string of the molecule is CCNC(=NCCNC(=O)C(C)C)NC1CCN(c2ccccn2)CC1. The molecule has 1 amide bonds. The van der Waals surface area contributed by atoms with Gasteiger partial charge in [-0.1, -0.05) is 19.9 Å². The van der Waals surface area contributed by atoms with E-state index in [0.29, 0.717) is 19.1 Å². The van der Waals surface area contributed by atoms with Gasteiger partial charge in [-0.25, -0.2) is 4.98 Å². The zero-order chi connectivity index (χ0) is 18.8. The van der Waals surface area contributed by atoms with Crippen molar-refractivity contribution in [1.82, 2.24) is 20.9 Å². The second-order valence-electron chi connectivity index (χ2n) is 6.80. The van der Waals surface area contributed by atoms with Crippen LogP contribution in [-0.2, 0) is 4.79 Å². The number of pyridine rings is 1. The number of aliphatic imine (C=N–C) groups is 1. The lowest BCUT2D eigenvalue weighted by Crippen LogP contribution is -2.49. The molecule has 2 heterocycles. The van der Waals surface area contributed by atoms with Crippen molar-refractivity contribution in [3.8, 4) is 0 Å². The van der Waals surface area contributed by atoms with Crippen molar-refractivity contribution in [3.63, 3.8) is 0 Å². The van der Waals surface area contributed by atoms with Gasteiger partial charge in [0.15, 0.2) is 5.96 Å². The molecule has 1 aliphatic heterocycles. The van der Waals surface area contributed by atoms with Crippen molar-refractivity contribution in [2.45, 2.75) is 39.7 Å². The standard InChI is InChI=1S/C19H32N6O/c1-4-20-19(23-12-11-22-18(26)15(2)3)24-16-8-13-25(14-9-16)17-7-5-6-10-21-17/h5-7,10,15-16H,4,8-9,11-14H2,1-3H3,(H,22,26)(H2,20,23,24). The summed E-state index contributed by atoms with van der Waals surface area (Å²) < 4.78 is 0. The molecule has 1 aromatic rings. The number of hydrogen-bond donors (Lipinski definition) is 3. The van der Waals surface area contributed by atoms with E-state index in [-0.39, 0.29) is 11.8 Å². The van der Waals surface area contributed by atoms with E-state index < -0.39 is 0 Å². The van der Waals surface area contributed by atoms with Gasteiger partial charge < -0.3 is 20.9 Å². The Bertz CT molecular complexity index is 567. The average molecular weight is 361 g/mol. The van der Waals surface area contributed by atoms with Crippen LogP contribution in [0.4, 0.5) is 5.82 Å². The van der Waals surface area contributed by atoms with Gasteiger partial charge in [0.1, 0.15) is 5.82 Å². The van der Waals surface area contributed by atoms with Crippen LogP contribution in [0.5, 0.6) is 0 Å². The number of carbonyl (C=O) groups is 1. The minimum absolute atomic E-state index is 0.00892. The normalized spacial score (nSPS) is 15.8. The lowest BCUT2D eigenvalue weighted by Gasteiger charge is -2.33. The molecule has 1 aromatic heterocycles. The molecule has 0 atom stereocenters. The summed E-state index contributed by atoms with van der Waals surface area (Å²) in [6.07, 6.45) is 3.93. The molecule has 144 valence electrons. The van der Waals surface area contributed by atoms with Crippen LogP contribution >= 0.6 is 0 Å². The summed E-state index contributed by atoms with van der Waals surface area (Å²) in [4.78, 5) is 22.9. The van der Waals surface area contributed by atoms with Gasteiger partial charge in [0.05, 0.1) is 6.54 Å². The van der Waals surface area contributed by atoms with E-state index in [9.17, 15) is 4.79 Å². The Morgan fingerprint density at radius 3 is 2.69 bits per heavy atom. The Kier molecular flexibility index (Phi) is 8.18. The van der Waals surface area contributed by atoms with E-state index in [2.05, 4.69) is 43.8 Å². The molecule has 3 N–H and O–H groups in total. The molecule has 0 aromatic carbocycles. The van der Waals surface area contributed by atoms with Crippen molar-refractivity contribution in [3.05, 3.63) is 24.4 Å². The van der Waals surface area contributed by atoms with Crippen molar-refractivity contribution in [2.24, 2.45) is 10.9 Å². The summed E-state index contributed by atoms with van der Waals surface area (Å²) in [5, 5.41) is 9.69. The number of amides is 1. The summed E-state index contributed by atoms with van der Waals surface area (Å²) in [6, 6.07) is 6.43. The summed E-state index contributed by atoms with van der Waals surface area (Å²) in [7, 11) is 0. The maximum atomic E-state index is 11.6. The Morgan fingerprint density at radius 2 is 2.08 bits per heavy atom. The predicted molar refractivity (Wildman–Crippen MR) is 106 cm³/mol. The average Bonchev–Trinajstić information content (AvgIpc) is 2.66. The van der Waals surface area contributed by atoms with Gasteiger partial charge in [0.25, 0.3) is 0 Å². The number of nitrogens with one attached hydrogen (secondary N) is 3. The van der Waals surface area contributed by atoms with Crippen LogP contribution < -0.4 is 20.9 Å². The summed E-state index contributed by atoms with van der Waals surface area (Å²) in [5.41, 5.74) is 0. The number of aromatic nitrogens is 1. The third-order valence-electron chi connectivity index (χ3n) is 4.36. The highest BCUT2D eigenvalue weighted by molar-refractivity contribution is 5.80. The molecule has 1 aliphatic rings. The minimum atomic E-state index is 0.00892. The number of hydrogen-bond acceptors (Lipinski definition) is 4. The van der Waals surface area contributed by atoms with Crippen molar-refractivity contribution in [2.75, 3.05) is 37.6 Å². The van der Waals surface area contributed by atoms with Gasteiger partial charge in [-0.05, 0) is 31.9 Å². The Balaban J connectivity index is 1.77. The first kappa shape index (κ1) is 20.0. The van der Waals surface area contributed by atoms with Gasteiger partial charge in [0, 0.05) is 44.3 Å². The molecule has 0 spiro atoms. The van der Waals surface area contributed by atoms with Crippen molar-refractivity contribution in [1.29, 1.82) is 0 Å². The molecule has 7 heteroatoms. The first-order valence-corrected chi connectivity index (χ1v) is 9.58. The molecule has 1 saturated heterocycles. The number of anilines is 1. The fourth-order valence-corrected chi connectivity index (χ4v) is 2.86. The van der Waals surface area contributed by atoms with Gasteiger partial charge in [-0.3, -0.25) is 9.79 Å². The first-order chi connectivity index (χ1) is 12.6. The highest BCUT2D eigenvalue weighted by Gasteiger charge is 2.20. The molecule has 7 nitrogen and oxygen atoms in total. The summed E-state index contributed by atoms with van der Waals surface area (Å²) in [5.74, 6) is 1.95. The van der Waals surface area contributed by atoms with Crippen LogP contribution in [0.3, 0.4) is 0 Å². The summed E-state index contributed by atoms with van der Waals surface area (Å²) in [6.45, 7) is 9.75. The van der Waals surface area contributed by atoms with Gasteiger partial charge >= 0.3 is 0 Å². The van der Waals surface area contributed by atoms with Crippen LogP contribution in [0.15, 0.2) is 29.4 Å². The number of carbonyl (C=O) groups excluding carboxylic acids is 1. The lowest BCUT2D eigenvalue weighted by atomic mass is 10.1. The molecule has 1 fully saturated rings. The van der Waals surface area contributed by atoms with E-state index >= 15 is 0 Å². The van der Waals surface area contributed by atoms with Gasteiger partial charge in [-0.15, -0.1) is 0 Å². The zero-order valence-corrected chi connectivity index (χ0v) is 16.2. The number of piperidine rings is 1. The molecule has 0 bridgehead atoms. The summed E-state index contributed by atoms with van der Waals surface area (Å²) >= 11 is 0. The van der Waals surface area contributed by atoms with Crippen LogP contribution in [0, 0.1) is 5.92 Å². The monoisotopic (exact) mass is 360 g/mol.